The normalized spacial score (nSPS) is 22.0. The van der Waals surface area contributed by atoms with Crippen LogP contribution in [0, 0.1) is 13.8 Å². The highest BCUT2D eigenvalue weighted by atomic mass is 16.5. The molecule has 25 heavy (non-hydrogen) atoms. The minimum atomic E-state index is -0.218. The number of carbonyl (C=O) groups excluding carboxylic acids is 1. The maximum atomic E-state index is 13.1. The Kier molecular flexibility index (Phi) is 4.97. The second kappa shape index (κ2) is 6.88. The van der Waals surface area contributed by atoms with Crippen LogP contribution < -0.4 is 10.6 Å². The van der Waals surface area contributed by atoms with Gasteiger partial charge in [0.25, 0.3) is 5.91 Å². The van der Waals surface area contributed by atoms with Crippen LogP contribution in [0.2, 0.25) is 0 Å². The molecule has 0 radical (unpaired) electrons. The summed E-state index contributed by atoms with van der Waals surface area (Å²) >= 11 is 0. The van der Waals surface area contributed by atoms with Crippen LogP contribution in [0.5, 0.6) is 0 Å². The molecule has 0 bridgehead atoms. The van der Waals surface area contributed by atoms with E-state index in [0.717, 1.165) is 55.8 Å². The molecule has 0 unspecified atom stereocenters. The molecular weight excluding hydrogens is 318 g/mol. The lowest BCUT2D eigenvalue weighted by molar-refractivity contribution is -0.0191. The number of hydrogen-bond acceptors (Lipinski definition) is 6. The fourth-order valence-electron chi connectivity index (χ4n) is 3.79. The first-order valence-electron chi connectivity index (χ1n) is 9.01. The van der Waals surface area contributed by atoms with Crippen LogP contribution in [0.3, 0.4) is 0 Å². The first kappa shape index (κ1) is 18.1. The SMILES string of the molecule is COCC1(N(C)C(=O)c2nc(C)c(C)c(N3CC[C@@H](N)C3)n2)CCC1. The number of aromatic nitrogens is 2. The smallest absolute Gasteiger partial charge is 0.292 e. The minimum absolute atomic E-state index is 0.135. The Labute approximate surface area is 149 Å². The van der Waals surface area contributed by atoms with E-state index in [-0.39, 0.29) is 23.3 Å². The molecule has 1 saturated carbocycles. The van der Waals surface area contributed by atoms with Crippen molar-refractivity contribution in [3.05, 3.63) is 17.1 Å². The van der Waals surface area contributed by atoms with Gasteiger partial charge in [-0.2, -0.15) is 0 Å². The summed E-state index contributed by atoms with van der Waals surface area (Å²) < 4.78 is 5.36. The van der Waals surface area contributed by atoms with Crippen LogP contribution in [-0.4, -0.2) is 66.2 Å². The number of anilines is 1. The van der Waals surface area contributed by atoms with Crippen molar-refractivity contribution in [2.75, 3.05) is 38.8 Å². The van der Waals surface area contributed by atoms with Crippen LogP contribution in [0.4, 0.5) is 5.82 Å². The third kappa shape index (κ3) is 3.22. The summed E-state index contributed by atoms with van der Waals surface area (Å²) in [4.78, 5) is 26.1. The van der Waals surface area contributed by atoms with Crippen molar-refractivity contribution in [1.29, 1.82) is 0 Å². The highest BCUT2D eigenvalue weighted by molar-refractivity contribution is 5.91. The number of amides is 1. The minimum Gasteiger partial charge on any atom is -0.382 e. The lowest BCUT2D eigenvalue weighted by Crippen LogP contribution is -2.57. The molecule has 2 aliphatic rings. The molecule has 0 aromatic carbocycles. The van der Waals surface area contributed by atoms with E-state index >= 15 is 0 Å². The summed E-state index contributed by atoms with van der Waals surface area (Å²) in [5.74, 6) is 0.972. The van der Waals surface area contributed by atoms with Gasteiger partial charge in [-0.05, 0) is 39.5 Å². The van der Waals surface area contributed by atoms with E-state index < -0.39 is 0 Å². The molecule has 1 aromatic heterocycles. The molecule has 3 rings (SSSR count). The molecule has 1 amide bonds. The quantitative estimate of drug-likeness (QED) is 0.863. The Hall–Kier alpha value is -1.73. The van der Waals surface area contributed by atoms with Crippen LogP contribution in [-0.2, 0) is 4.74 Å². The standard InChI is InChI=1S/C18H29N5O2/c1-12-13(2)20-15(21-16(12)23-9-6-14(19)10-23)17(24)22(3)18(11-25-4)7-5-8-18/h14H,5-11,19H2,1-4H3/t14-/m1/s1. The predicted octanol–water partition coefficient (Wildman–Crippen LogP) is 1.27. The van der Waals surface area contributed by atoms with Gasteiger partial charge in [-0.15, -0.1) is 0 Å². The Bertz CT molecular complexity index is 659. The molecule has 1 aliphatic heterocycles. The molecule has 7 heteroatoms. The van der Waals surface area contributed by atoms with Crippen molar-refractivity contribution in [3.63, 3.8) is 0 Å². The maximum absolute atomic E-state index is 13.1. The van der Waals surface area contributed by atoms with Gasteiger partial charge in [0.2, 0.25) is 5.82 Å². The fourth-order valence-corrected chi connectivity index (χ4v) is 3.79. The van der Waals surface area contributed by atoms with Gasteiger partial charge in [-0.3, -0.25) is 4.79 Å². The maximum Gasteiger partial charge on any atom is 0.292 e. The number of rotatable bonds is 5. The average molecular weight is 347 g/mol. The van der Waals surface area contributed by atoms with Gasteiger partial charge >= 0.3 is 0 Å². The van der Waals surface area contributed by atoms with E-state index in [1.54, 1.807) is 12.0 Å². The van der Waals surface area contributed by atoms with E-state index in [0.29, 0.717) is 6.61 Å². The summed E-state index contributed by atoms with van der Waals surface area (Å²) in [6.45, 7) is 6.13. The molecular formula is C18H29N5O2. The molecule has 2 N–H and O–H groups in total. The van der Waals surface area contributed by atoms with E-state index in [2.05, 4.69) is 14.9 Å². The van der Waals surface area contributed by atoms with Gasteiger partial charge in [-0.25, -0.2) is 9.97 Å². The van der Waals surface area contributed by atoms with Crippen LogP contribution in [0.15, 0.2) is 0 Å². The molecule has 138 valence electrons. The largest absolute Gasteiger partial charge is 0.382 e. The van der Waals surface area contributed by atoms with Crippen molar-refractivity contribution in [2.45, 2.75) is 51.1 Å². The Morgan fingerprint density at radius 1 is 1.40 bits per heavy atom. The summed E-state index contributed by atoms with van der Waals surface area (Å²) in [5, 5.41) is 0. The number of nitrogens with two attached hydrogens (primary N) is 1. The van der Waals surface area contributed by atoms with Gasteiger partial charge in [0.15, 0.2) is 0 Å². The summed E-state index contributed by atoms with van der Waals surface area (Å²) in [7, 11) is 3.52. The van der Waals surface area contributed by atoms with Gasteiger partial charge in [0.1, 0.15) is 5.82 Å². The zero-order valence-electron chi connectivity index (χ0n) is 15.7. The van der Waals surface area contributed by atoms with E-state index in [1.165, 1.54) is 0 Å². The summed E-state index contributed by atoms with van der Waals surface area (Å²) in [6, 6.07) is 0.163. The molecule has 1 aliphatic carbocycles. The molecule has 7 nitrogen and oxygen atoms in total. The van der Waals surface area contributed by atoms with Gasteiger partial charge in [-0.1, -0.05) is 0 Å². The number of nitrogens with zero attached hydrogens (tertiary/aromatic N) is 4. The first-order chi connectivity index (χ1) is 11.9. The van der Waals surface area contributed by atoms with Crippen molar-refractivity contribution in [3.8, 4) is 0 Å². The second-order valence-electron chi connectivity index (χ2n) is 7.45. The van der Waals surface area contributed by atoms with E-state index in [9.17, 15) is 4.79 Å². The van der Waals surface area contributed by atoms with Crippen LogP contribution >= 0.6 is 0 Å². The Morgan fingerprint density at radius 3 is 2.64 bits per heavy atom. The number of likely N-dealkylation sites (N-methyl/N-ethyl adjacent to an activating group) is 1. The monoisotopic (exact) mass is 347 g/mol. The lowest BCUT2D eigenvalue weighted by Gasteiger charge is -2.47. The van der Waals surface area contributed by atoms with Gasteiger partial charge in [0, 0.05) is 44.5 Å². The summed E-state index contributed by atoms with van der Waals surface area (Å²) in [6.07, 6.45) is 3.98. The van der Waals surface area contributed by atoms with Gasteiger partial charge in [0.05, 0.1) is 12.1 Å². The van der Waals surface area contributed by atoms with Crippen molar-refractivity contribution in [2.24, 2.45) is 5.73 Å². The zero-order chi connectivity index (χ0) is 18.2. The van der Waals surface area contributed by atoms with Crippen molar-refractivity contribution in [1.82, 2.24) is 14.9 Å². The van der Waals surface area contributed by atoms with Crippen LogP contribution in [0.1, 0.15) is 47.6 Å². The lowest BCUT2D eigenvalue weighted by atomic mass is 9.76. The fraction of sp³-hybridized carbons (Fsp3) is 0.722. The number of methoxy groups -OCH3 is 1. The Balaban J connectivity index is 1.89. The third-order valence-electron chi connectivity index (χ3n) is 5.79. The molecule has 1 aromatic rings. The second-order valence-corrected chi connectivity index (χ2v) is 7.45. The zero-order valence-corrected chi connectivity index (χ0v) is 15.7. The highest BCUT2D eigenvalue weighted by Crippen LogP contribution is 2.38. The molecule has 2 fully saturated rings. The average Bonchev–Trinajstić information content (AvgIpc) is 2.98. The van der Waals surface area contributed by atoms with Crippen molar-refractivity contribution < 1.29 is 9.53 Å². The number of hydrogen-bond donors (Lipinski definition) is 1. The van der Waals surface area contributed by atoms with E-state index in [1.807, 2.05) is 20.9 Å². The molecule has 0 spiro atoms. The van der Waals surface area contributed by atoms with Crippen LogP contribution in [0.25, 0.3) is 0 Å². The Morgan fingerprint density at radius 2 is 2.12 bits per heavy atom. The molecule has 1 saturated heterocycles. The highest BCUT2D eigenvalue weighted by Gasteiger charge is 2.44. The number of aryl methyl sites for hydroxylation is 1. The predicted molar refractivity (Wildman–Crippen MR) is 96.9 cm³/mol. The molecule has 2 heterocycles. The number of carbonyl (C=O) groups is 1. The van der Waals surface area contributed by atoms with E-state index in [4.69, 9.17) is 10.5 Å². The van der Waals surface area contributed by atoms with Gasteiger partial charge < -0.3 is 20.3 Å². The third-order valence-corrected chi connectivity index (χ3v) is 5.79. The summed E-state index contributed by atoms with van der Waals surface area (Å²) in [5.41, 5.74) is 7.68. The van der Waals surface area contributed by atoms with Crippen molar-refractivity contribution >= 4 is 11.7 Å². The topological polar surface area (TPSA) is 84.6 Å². The molecule has 1 atom stereocenters. The number of ether oxygens (including phenoxy) is 1. The first-order valence-corrected chi connectivity index (χ1v) is 9.01.